The van der Waals surface area contributed by atoms with Gasteiger partial charge in [-0.2, -0.15) is 4.31 Å². The number of carbonyl (C=O) groups excluding carboxylic acids is 1. The summed E-state index contributed by atoms with van der Waals surface area (Å²) in [6.07, 6.45) is 1.90. The normalized spacial score (nSPS) is 11.8. The highest BCUT2D eigenvalue weighted by molar-refractivity contribution is 7.89. The lowest BCUT2D eigenvalue weighted by Gasteiger charge is -2.21. The minimum atomic E-state index is -3.70. The Morgan fingerprint density at radius 1 is 1.42 bits per heavy atom. The number of nitrogens with zero attached hydrogens (tertiary/aromatic N) is 3. The van der Waals surface area contributed by atoms with Crippen LogP contribution in [-0.4, -0.2) is 60.7 Å². The molecule has 0 aliphatic heterocycles. The zero-order valence-corrected chi connectivity index (χ0v) is 12.5. The van der Waals surface area contributed by atoms with Gasteiger partial charge in [-0.3, -0.25) is 4.79 Å². The molecule has 19 heavy (non-hydrogen) atoms. The molecule has 108 valence electrons. The predicted octanol–water partition coefficient (Wildman–Crippen LogP) is 0.207. The molecule has 1 rings (SSSR count). The van der Waals surface area contributed by atoms with Gasteiger partial charge in [0, 0.05) is 20.6 Å². The Morgan fingerprint density at radius 2 is 2.05 bits per heavy atom. The van der Waals surface area contributed by atoms with Crippen LogP contribution in [0.1, 0.15) is 19.2 Å². The molecule has 8 heteroatoms. The van der Waals surface area contributed by atoms with Gasteiger partial charge in [-0.05, 0) is 13.3 Å². The van der Waals surface area contributed by atoms with E-state index in [1.54, 1.807) is 21.0 Å². The number of carbonyl (C=O) groups is 1. The van der Waals surface area contributed by atoms with Crippen molar-refractivity contribution in [3.63, 3.8) is 0 Å². The molecule has 0 unspecified atom stereocenters. The first-order valence-corrected chi connectivity index (χ1v) is 7.45. The van der Waals surface area contributed by atoms with Crippen molar-refractivity contribution in [2.24, 2.45) is 0 Å². The monoisotopic (exact) mass is 288 g/mol. The van der Waals surface area contributed by atoms with Crippen LogP contribution in [0.25, 0.3) is 0 Å². The molecule has 0 atom stereocenters. The molecule has 1 N–H and O–H groups in total. The lowest BCUT2D eigenvalue weighted by atomic mass is 10.4. The van der Waals surface area contributed by atoms with E-state index in [0.29, 0.717) is 18.8 Å². The molecule has 1 aromatic rings. The number of aromatic nitrogens is 2. The zero-order valence-electron chi connectivity index (χ0n) is 11.7. The van der Waals surface area contributed by atoms with Crippen LogP contribution in [0.15, 0.2) is 11.2 Å². The highest BCUT2D eigenvalue weighted by atomic mass is 32.2. The molecule has 0 bridgehead atoms. The molecule has 0 aliphatic rings. The number of hydrogen-bond donors (Lipinski definition) is 1. The van der Waals surface area contributed by atoms with Crippen LogP contribution < -0.4 is 0 Å². The number of sulfonamides is 1. The highest BCUT2D eigenvalue weighted by Crippen LogP contribution is 2.13. The lowest BCUT2D eigenvalue weighted by molar-refractivity contribution is -0.128. The van der Waals surface area contributed by atoms with Crippen LogP contribution in [0.4, 0.5) is 0 Å². The Kier molecular flexibility index (Phi) is 5.07. The zero-order chi connectivity index (χ0) is 14.6. The second-order valence-electron chi connectivity index (χ2n) is 4.46. The number of H-pyrrole nitrogens is 1. The van der Waals surface area contributed by atoms with Gasteiger partial charge in [0.15, 0.2) is 5.03 Å². The van der Waals surface area contributed by atoms with Crippen LogP contribution in [0, 0.1) is 6.92 Å². The summed E-state index contributed by atoms with van der Waals surface area (Å²) in [6, 6.07) is 0. The largest absolute Gasteiger partial charge is 0.348 e. The van der Waals surface area contributed by atoms with E-state index in [4.69, 9.17) is 0 Å². The Hall–Kier alpha value is -1.41. The predicted molar refractivity (Wildman–Crippen MR) is 71.1 cm³/mol. The van der Waals surface area contributed by atoms with E-state index in [0.717, 1.165) is 0 Å². The summed E-state index contributed by atoms with van der Waals surface area (Å²) >= 11 is 0. The highest BCUT2D eigenvalue weighted by Gasteiger charge is 2.27. The summed E-state index contributed by atoms with van der Waals surface area (Å²) in [7, 11) is -0.510. The van der Waals surface area contributed by atoms with Gasteiger partial charge in [0.25, 0.3) is 10.0 Å². The fourth-order valence-corrected chi connectivity index (χ4v) is 2.94. The van der Waals surface area contributed by atoms with E-state index < -0.39 is 10.0 Å². The number of imidazole rings is 1. The molecule has 7 nitrogen and oxygen atoms in total. The standard InChI is InChI=1S/C11H20N4O3S/c1-5-6-15(8-11(16)14(3)4)19(17,18)10-7-12-9(2)13-10/h7H,5-6,8H2,1-4H3,(H,12,13). The van der Waals surface area contributed by atoms with E-state index in [-0.39, 0.29) is 17.5 Å². The van der Waals surface area contributed by atoms with Gasteiger partial charge in [0.2, 0.25) is 5.91 Å². The first-order valence-electron chi connectivity index (χ1n) is 6.01. The number of amides is 1. The first kappa shape index (κ1) is 15.6. The molecule has 0 saturated heterocycles. The Balaban J connectivity index is 3.01. The number of hydrogen-bond acceptors (Lipinski definition) is 4. The third-order valence-electron chi connectivity index (χ3n) is 2.58. The topological polar surface area (TPSA) is 86.4 Å². The van der Waals surface area contributed by atoms with Crippen LogP contribution in [0.5, 0.6) is 0 Å². The Bertz CT molecular complexity index is 536. The summed E-state index contributed by atoms with van der Waals surface area (Å²) in [5, 5.41) is 0.0185. The number of likely N-dealkylation sites (N-methyl/N-ethyl adjacent to an activating group) is 1. The van der Waals surface area contributed by atoms with Gasteiger partial charge in [-0.1, -0.05) is 6.92 Å². The van der Waals surface area contributed by atoms with Crippen LogP contribution in [0.3, 0.4) is 0 Å². The summed E-state index contributed by atoms with van der Waals surface area (Å²) in [6.45, 7) is 3.66. The average molecular weight is 288 g/mol. The third-order valence-corrected chi connectivity index (χ3v) is 4.34. The van der Waals surface area contributed by atoms with Gasteiger partial charge in [-0.15, -0.1) is 0 Å². The number of nitrogens with one attached hydrogen (secondary N) is 1. The van der Waals surface area contributed by atoms with Gasteiger partial charge < -0.3 is 9.88 Å². The fourth-order valence-electron chi connectivity index (χ4n) is 1.49. The van der Waals surface area contributed by atoms with Crippen molar-refractivity contribution < 1.29 is 13.2 Å². The number of rotatable bonds is 6. The van der Waals surface area contributed by atoms with E-state index in [2.05, 4.69) is 9.97 Å². The molecule has 0 spiro atoms. The van der Waals surface area contributed by atoms with Crippen molar-refractivity contribution in [3.05, 3.63) is 12.0 Å². The quantitative estimate of drug-likeness (QED) is 0.810. The fraction of sp³-hybridized carbons (Fsp3) is 0.636. The summed E-state index contributed by atoms with van der Waals surface area (Å²) in [5.74, 6) is 0.266. The van der Waals surface area contributed by atoms with E-state index in [9.17, 15) is 13.2 Å². The van der Waals surface area contributed by atoms with Crippen molar-refractivity contribution >= 4 is 15.9 Å². The maximum atomic E-state index is 12.4. The van der Waals surface area contributed by atoms with Gasteiger partial charge in [0.05, 0.1) is 12.7 Å². The van der Waals surface area contributed by atoms with E-state index in [1.807, 2.05) is 6.92 Å². The number of aryl methyl sites for hydroxylation is 1. The van der Waals surface area contributed by atoms with Gasteiger partial charge in [-0.25, -0.2) is 13.4 Å². The SMILES string of the molecule is CCCN(CC(=O)N(C)C)S(=O)(=O)c1cnc(C)[nH]1. The van der Waals surface area contributed by atoms with Crippen LogP contribution >= 0.6 is 0 Å². The molecule has 0 fully saturated rings. The maximum Gasteiger partial charge on any atom is 0.260 e. The van der Waals surface area contributed by atoms with Gasteiger partial charge >= 0.3 is 0 Å². The molecule has 0 aromatic carbocycles. The van der Waals surface area contributed by atoms with E-state index in [1.165, 1.54) is 15.4 Å². The minimum Gasteiger partial charge on any atom is -0.348 e. The molecule has 0 aliphatic carbocycles. The van der Waals surface area contributed by atoms with Crippen molar-refractivity contribution in [1.29, 1.82) is 0 Å². The van der Waals surface area contributed by atoms with Crippen LogP contribution in [-0.2, 0) is 14.8 Å². The van der Waals surface area contributed by atoms with Crippen LogP contribution in [0.2, 0.25) is 0 Å². The van der Waals surface area contributed by atoms with Crippen molar-refractivity contribution in [2.75, 3.05) is 27.2 Å². The molecule has 0 radical (unpaired) electrons. The second kappa shape index (κ2) is 6.16. The maximum absolute atomic E-state index is 12.4. The summed E-state index contributed by atoms with van der Waals surface area (Å²) < 4.78 is 25.9. The first-order chi connectivity index (χ1) is 8.78. The second-order valence-corrected chi connectivity index (χ2v) is 6.37. The minimum absolute atomic E-state index is 0.0185. The summed E-state index contributed by atoms with van der Waals surface area (Å²) in [5.41, 5.74) is 0. The molecule has 1 amide bonds. The smallest absolute Gasteiger partial charge is 0.260 e. The third kappa shape index (κ3) is 3.77. The Morgan fingerprint density at radius 3 is 2.47 bits per heavy atom. The molecular formula is C11H20N4O3S. The number of aromatic amines is 1. The average Bonchev–Trinajstić information content (AvgIpc) is 2.75. The lowest BCUT2D eigenvalue weighted by Crippen LogP contribution is -2.40. The summed E-state index contributed by atoms with van der Waals surface area (Å²) in [4.78, 5) is 19.7. The van der Waals surface area contributed by atoms with Crippen molar-refractivity contribution in [1.82, 2.24) is 19.2 Å². The van der Waals surface area contributed by atoms with Crippen molar-refractivity contribution in [3.8, 4) is 0 Å². The molecule has 0 saturated carbocycles. The molecular weight excluding hydrogens is 268 g/mol. The molecule has 1 heterocycles. The van der Waals surface area contributed by atoms with E-state index >= 15 is 0 Å². The Labute approximate surface area is 113 Å². The van der Waals surface area contributed by atoms with Crippen molar-refractivity contribution in [2.45, 2.75) is 25.3 Å². The molecule has 1 aromatic heterocycles. The van der Waals surface area contributed by atoms with Gasteiger partial charge in [0.1, 0.15) is 5.82 Å².